The van der Waals surface area contributed by atoms with Crippen LogP contribution < -0.4 is 0 Å². The zero-order valence-electron chi connectivity index (χ0n) is 21.2. The van der Waals surface area contributed by atoms with Crippen LogP contribution in [-0.2, 0) is 20.7 Å². The van der Waals surface area contributed by atoms with Crippen LogP contribution in [0.25, 0.3) is 17.7 Å². The number of carbonyl (C=O) groups excluding carboxylic acids is 3. The summed E-state index contributed by atoms with van der Waals surface area (Å²) in [5, 5.41) is 0. The highest BCUT2D eigenvalue weighted by Crippen LogP contribution is 2.33. The molecule has 0 amide bonds. The second-order valence-corrected chi connectivity index (χ2v) is 8.91. The summed E-state index contributed by atoms with van der Waals surface area (Å²) < 4.78 is 10.4. The summed E-state index contributed by atoms with van der Waals surface area (Å²) in [5.41, 5.74) is 5.88. The highest BCUT2D eigenvalue weighted by molar-refractivity contribution is 6.35. The molecule has 0 fully saturated rings. The second-order valence-electron chi connectivity index (χ2n) is 8.91. The van der Waals surface area contributed by atoms with Crippen molar-refractivity contribution in [2.45, 2.75) is 33.1 Å². The molecule has 0 spiro atoms. The van der Waals surface area contributed by atoms with Gasteiger partial charge in [0.05, 0.1) is 24.3 Å². The maximum atomic E-state index is 13.6. The van der Waals surface area contributed by atoms with Crippen LogP contribution in [0.4, 0.5) is 0 Å². The molecule has 188 valence electrons. The second kappa shape index (κ2) is 12.1. The fraction of sp³-hybridized carbons (Fsp3) is 0.219. The van der Waals surface area contributed by atoms with Crippen molar-refractivity contribution in [2.24, 2.45) is 0 Å². The van der Waals surface area contributed by atoms with Crippen LogP contribution in [0.1, 0.15) is 69.7 Å². The fourth-order valence-electron chi connectivity index (χ4n) is 4.13. The average molecular weight is 495 g/mol. The number of hydrogen-bond acceptors (Lipinski definition) is 5. The van der Waals surface area contributed by atoms with Crippen LogP contribution in [0.15, 0.2) is 78.4 Å². The minimum atomic E-state index is -0.352. The van der Waals surface area contributed by atoms with Crippen LogP contribution >= 0.6 is 0 Å². The number of benzene rings is 3. The number of ketones is 1. The quantitative estimate of drug-likeness (QED) is 0.262. The lowest BCUT2D eigenvalue weighted by Gasteiger charge is -2.21. The Kier molecular flexibility index (Phi) is 8.47. The van der Waals surface area contributed by atoms with Gasteiger partial charge < -0.3 is 9.47 Å². The molecule has 0 radical (unpaired) electrons. The molecule has 5 nitrogen and oxygen atoms in total. The Morgan fingerprint density at radius 2 is 1.24 bits per heavy atom. The van der Waals surface area contributed by atoms with Crippen molar-refractivity contribution in [3.05, 3.63) is 112 Å². The van der Waals surface area contributed by atoms with Gasteiger partial charge in [0.15, 0.2) is 5.78 Å². The van der Waals surface area contributed by atoms with Gasteiger partial charge in [-0.25, -0.2) is 9.59 Å². The third kappa shape index (κ3) is 6.31. The van der Waals surface area contributed by atoms with Crippen LogP contribution in [0.2, 0.25) is 0 Å². The van der Waals surface area contributed by atoms with Crippen molar-refractivity contribution < 1.29 is 23.9 Å². The van der Waals surface area contributed by atoms with Gasteiger partial charge in [-0.15, -0.1) is 0 Å². The first-order valence-electron chi connectivity index (χ1n) is 12.6. The van der Waals surface area contributed by atoms with Gasteiger partial charge >= 0.3 is 11.9 Å². The summed E-state index contributed by atoms with van der Waals surface area (Å²) in [5.74, 6) is -0.745. The van der Waals surface area contributed by atoms with Crippen molar-refractivity contribution in [1.29, 1.82) is 0 Å². The smallest absolute Gasteiger partial charge is 0.338 e. The van der Waals surface area contributed by atoms with Gasteiger partial charge in [0.2, 0.25) is 0 Å². The van der Waals surface area contributed by atoms with E-state index < -0.39 is 0 Å². The minimum absolute atomic E-state index is 0.0448. The number of fused-ring (bicyclic) bond motifs is 1. The summed E-state index contributed by atoms with van der Waals surface area (Å²) in [4.78, 5) is 37.8. The first-order valence-corrected chi connectivity index (χ1v) is 12.6. The molecule has 0 N–H and O–H groups in total. The van der Waals surface area contributed by atoms with E-state index in [-0.39, 0.29) is 17.7 Å². The number of hydrogen-bond donors (Lipinski definition) is 0. The number of ether oxygens (including phenoxy) is 2. The summed E-state index contributed by atoms with van der Waals surface area (Å²) in [6.45, 7) is 4.67. The van der Waals surface area contributed by atoms with Crippen LogP contribution in [0.5, 0.6) is 0 Å². The summed E-state index contributed by atoms with van der Waals surface area (Å²) in [7, 11) is 0. The van der Waals surface area contributed by atoms with Crippen molar-refractivity contribution in [3.63, 3.8) is 0 Å². The van der Waals surface area contributed by atoms with Crippen LogP contribution in [0.3, 0.4) is 0 Å². The van der Waals surface area contributed by atoms with Crippen molar-refractivity contribution in [1.82, 2.24) is 0 Å². The van der Waals surface area contributed by atoms with Crippen molar-refractivity contribution in [3.8, 4) is 0 Å². The normalized spacial score (nSPS) is 14.9. The molecule has 0 heterocycles. The number of esters is 2. The van der Waals surface area contributed by atoms with E-state index in [1.807, 2.05) is 74.5 Å². The molecule has 0 unspecified atom stereocenters. The average Bonchev–Trinajstić information content (AvgIpc) is 2.93. The first kappa shape index (κ1) is 25.8. The highest BCUT2D eigenvalue weighted by Gasteiger charge is 2.25. The predicted octanol–water partition coefficient (Wildman–Crippen LogP) is 6.57. The molecule has 37 heavy (non-hydrogen) atoms. The Hall–Kier alpha value is -4.25. The van der Waals surface area contributed by atoms with Gasteiger partial charge in [0.25, 0.3) is 0 Å². The van der Waals surface area contributed by atoms with E-state index in [0.29, 0.717) is 41.9 Å². The van der Waals surface area contributed by atoms with E-state index in [1.54, 1.807) is 24.3 Å². The molecule has 1 aliphatic carbocycles. The fourth-order valence-corrected chi connectivity index (χ4v) is 4.13. The largest absolute Gasteiger partial charge is 0.462 e. The standard InChI is InChI=1S/C32H30O5/c1-3-17-36-31(34)24-13-9-22(10-14-24)19-27-21-26-7-5-6-8-28(26)29(30(27)33)20-23-11-15-25(16-12-23)32(35)37-18-4-2/h5-16,19-20H,3-4,17-18,21H2,1-2H3/b27-19+,29-20+. The molecule has 0 atom stereocenters. The Bertz CT molecular complexity index is 1340. The highest BCUT2D eigenvalue weighted by atomic mass is 16.5. The Balaban J connectivity index is 1.61. The van der Waals surface area contributed by atoms with E-state index in [1.165, 1.54) is 0 Å². The molecule has 0 saturated heterocycles. The maximum absolute atomic E-state index is 13.6. The van der Waals surface area contributed by atoms with Crippen molar-refractivity contribution >= 4 is 35.4 Å². The zero-order valence-corrected chi connectivity index (χ0v) is 21.2. The summed E-state index contributed by atoms with van der Waals surface area (Å²) in [6.07, 6.45) is 5.80. The Morgan fingerprint density at radius 1 is 0.730 bits per heavy atom. The molecule has 5 heteroatoms. The molecule has 4 rings (SSSR count). The molecule has 1 aliphatic rings. The van der Waals surface area contributed by atoms with Gasteiger partial charge in [-0.05, 0) is 71.5 Å². The maximum Gasteiger partial charge on any atom is 0.338 e. The molecular formula is C32H30O5. The predicted molar refractivity (Wildman–Crippen MR) is 145 cm³/mol. The van der Waals surface area contributed by atoms with E-state index in [0.717, 1.165) is 35.1 Å². The minimum Gasteiger partial charge on any atom is -0.462 e. The van der Waals surface area contributed by atoms with Gasteiger partial charge in [-0.3, -0.25) is 4.79 Å². The number of Topliss-reactive ketones (excluding diaryl/α,β-unsaturated/α-hetero) is 1. The zero-order chi connectivity index (χ0) is 26.2. The Labute approximate surface area is 217 Å². The monoisotopic (exact) mass is 494 g/mol. The first-order chi connectivity index (χ1) is 18.0. The molecular weight excluding hydrogens is 464 g/mol. The lowest BCUT2D eigenvalue weighted by molar-refractivity contribution is -0.110. The van der Waals surface area contributed by atoms with Crippen LogP contribution in [-0.4, -0.2) is 30.9 Å². The Morgan fingerprint density at radius 3 is 1.78 bits per heavy atom. The van der Waals surface area contributed by atoms with E-state index >= 15 is 0 Å². The lowest BCUT2D eigenvalue weighted by Crippen LogP contribution is -2.16. The molecule has 0 aromatic heterocycles. The SMILES string of the molecule is CCCOC(=O)c1ccc(/C=C2\Cc3ccccc3/C(=C\c3ccc(C(=O)OCCC)cc3)C2=O)cc1. The molecule has 0 saturated carbocycles. The number of allylic oxidation sites excluding steroid dienone is 2. The topological polar surface area (TPSA) is 69.7 Å². The summed E-state index contributed by atoms with van der Waals surface area (Å²) >= 11 is 0. The van der Waals surface area contributed by atoms with E-state index in [4.69, 9.17) is 9.47 Å². The number of rotatable bonds is 8. The summed E-state index contributed by atoms with van der Waals surface area (Å²) in [6, 6.07) is 22.0. The van der Waals surface area contributed by atoms with Gasteiger partial charge in [0, 0.05) is 17.6 Å². The van der Waals surface area contributed by atoms with Gasteiger partial charge in [0.1, 0.15) is 0 Å². The molecule has 0 bridgehead atoms. The van der Waals surface area contributed by atoms with Crippen LogP contribution in [0, 0.1) is 0 Å². The lowest BCUT2D eigenvalue weighted by atomic mass is 9.81. The van der Waals surface area contributed by atoms with E-state index in [2.05, 4.69) is 0 Å². The van der Waals surface area contributed by atoms with Gasteiger partial charge in [-0.2, -0.15) is 0 Å². The third-order valence-electron chi connectivity index (χ3n) is 6.04. The third-order valence-corrected chi connectivity index (χ3v) is 6.04. The molecule has 3 aromatic rings. The molecule has 3 aromatic carbocycles. The number of carbonyl (C=O) groups is 3. The van der Waals surface area contributed by atoms with E-state index in [9.17, 15) is 14.4 Å². The molecule has 0 aliphatic heterocycles. The van der Waals surface area contributed by atoms with Gasteiger partial charge in [-0.1, -0.05) is 62.4 Å². The van der Waals surface area contributed by atoms with Crippen molar-refractivity contribution in [2.75, 3.05) is 13.2 Å².